The second-order valence-corrected chi connectivity index (χ2v) is 7.72. The van der Waals surface area contributed by atoms with Gasteiger partial charge in [-0.2, -0.15) is 9.36 Å². The number of anilines is 1. The Hall–Kier alpha value is -3.27. The Morgan fingerprint density at radius 1 is 1.07 bits per heavy atom. The van der Waals surface area contributed by atoms with Crippen LogP contribution in [0.25, 0.3) is 5.00 Å². The molecular formula is C19H20N6O3S. The van der Waals surface area contributed by atoms with Gasteiger partial charge >= 0.3 is 5.69 Å². The molecule has 0 radical (unpaired) electrons. The summed E-state index contributed by atoms with van der Waals surface area (Å²) in [5, 5.41) is 13.0. The molecule has 1 aliphatic rings. The maximum Gasteiger partial charge on any atom is 0.369 e. The molecule has 150 valence electrons. The number of carbonyl (C=O) groups is 2. The number of hydrogen-bond acceptors (Lipinski definition) is 6. The molecule has 29 heavy (non-hydrogen) atoms. The maximum atomic E-state index is 12.6. The Morgan fingerprint density at radius 2 is 1.83 bits per heavy atom. The lowest BCUT2D eigenvalue weighted by atomic mass is 9.95. The summed E-state index contributed by atoms with van der Waals surface area (Å²) in [4.78, 5) is 39.0. The smallest absolute Gasteiger partial charge is 0.341 e. The number of nitrogens with one attached hydrogen (secondary N) is 1. The molecule has 0 saturated carbocycles. The van der Waals surface area contributed by atoms with E-state index in [0.717, 1.165) is 10.4 Å². The molecule has 2 amide bonds. The van der Waals surface area contributed by atoms with Crippen molar-refractivity contribution in [3.63, 3.8) is 0 Å². The van der Waals surface area contributed by atoms with Crippen LogP contribution < -0.4 is 11.0 Å². The molecule has 0 unspecified atom stereocenters. The summed E-state index contributed by atoms with van der Waals surface area (Å²) in [5.41, 5.74) is 0.321. The maximum absolute atomic E-state index is 12.6. The number of thiophene rings is 1. The molecule has 0 bridgehead atoms. The van der Waals surface area contributed by atoms with Crippen molar-refractivity contribution in [1.29, 1.82) is 0 Å². The van der Waals surface area contributed by atoms with Crippen LogP contribution in [0.5, 0.6) is 0 Å². The number of hydrogen-bond donors (Lipinski definition) is 1. The first-order valence-electron chi connectivity index (χ1n) is 9.32. The summed E-state index contributed by atoms with van der Waals surface area (Å²) >= 11 is 1.37. The van der Waals surface area contributed by atoms with Gasteiger partial charge in [-0.05, 0) is 52.9 Å². The van der Waals surface area contributed by atoms with Crippen molar-refractivity contribution in [2.75, 3.05) is 18.4 Å². The van der Waals surface area contributed by atoms with Gasteiger partial charge in [0, 0.05) is 24.7 Å². The van der Waals surface area contributed by atoms with E-state index in [1.54, 1.807) is 11.0 Å². The Morgan fingerprint density at radius 3 is 2.52 bits per heavy atom. The Labute approximate surface area is 170 Å². The highest BCUT2D eigenvalue weighted by atomic mass is 32.1. The zero-order chi connectivity index (χ0) is 20.2. The average molecular weight is 412 g/mol. The summed E-state index contributed by atoms with van der Waals surface area (Å²) in [6.45, 7) is 0.782. The molecular weight excluding hydrogens is 392 g/mol. The largest absolute Gasteiger partial charge is 0.369 e. The van der Waals surface area contributed by atoms with Gasteiger partial charge in [0.05, 0.1) is 0 Å². The lowest BCUT2D eigenvalue weighted by molar-refractivity contribution is -0.135. The van der Waals surface area contributed by atoms with E-state index in [-0.39, 0.29) is 24.3 Å². The number of rotatable bonds is 5. The zero-order valence-electron chi connectivity index (χ0n) is 15.6. The Bertz CT molecular complexity index is 1040. The van der Waals surface area contributed by atoms with Crippen LogP contribution in [-0.2, 0) is 16.1 Å². The van der Waals surface area contributed by atoms with E-state index in [4.69, 9.17) is 0 Å². The van der Waals surface area contributed by atoms with E-state index in [1.807, 2.05) is 41.8 Å². The van der Waals surface area contributed by atoms with E-state index in [2.05, 4.69) is 15.7 Å². The number of tetrazole rings is 1. The van der Waals surface area contributed by atoms with Crippen LogP contribution in [0.2, 0.25) is 0 Å². The minimum Gasteiger partial charge on any atom is -0.341 e. The van der Waals surface area contributed by atoms with E-state index in [0.29, 0.717) is 30.9 Å². The van der Waals surface area contributed by atoms with Crippen LogP contribution >= 0.6 is 11.3 Å². The summed E-state index contributed by atoms with van der Waals surface area (Å²) in [7, 11) is 0. The van der Waals surface area contributed by atoms with Gasteiger partial charge in [-0.3, -0.25) is 9.59 Å². The molecule has 4 rings (SSSR count). The third-order valence-electron chi connectivity index (χ3n) is 4.90. The van der Waals surface area contributed by atoms with Crippen molar-refractivity contribution >= 4 is 28.8 Å². The second kappa shape index (κ2) is 8.39. The number of aromatic nitrogens is 4. The molecule has 1 saturated heterocycles. The Kier molecular flexibility index (Phi) is 5.52. The molecule has 1 aromatic carbocycles. The van der Waals surface area contributed by atoms with Crippen molar-refractivity contribution in [2.45, 2.75) is 19.4 Å². The molecule has 0 atom stereocenters. The number of amides is 2. The zero-order valence-corrected chi connectivity index (χ0v) is 16.4. The third kappa shape index (κ3) is 4.27. The number of piperidine rings is 1. The number of para-hydroxylation sites is 1. The molecule has 9 nitrogen and oxygen atoms in total. The van der Waals surface area contributed by atoms with Crippen LogP contribution in [0.3, 0.4) is 0 Å². The first-order chi connectivity index (χ1) is 14.1. The first kappa shape index (κ1) is 19.1. The number of likely N-dealkylation sites (tertiary alicyclic amines) is 1. The monoisotopic (exact) mass is 412 g/mol. The number of nitrogens with zero attached hydrogens (tertiary/aromatic N) is 5. The lowest BCUT2D eigenvalue weighted by Gasteiger charge is -2.31. The molecule has 1 fully saturated rings. The summed E-state index contributed by atoms with van der Waals surface area (Å²) in [6.07, 6.45) is 1.17. The van der Waals surface area contributed by atoms with Gasteiger partial charge in [0.1, 0.15) is 11.5 Å². The molecule has 2 aromatic heterocycles. The predicted octanol–water partition coefficient (Wildman–Crippen LogP) is 1.37. The number of benzene rings is 1. The van der Waals surface area contributed by atoms with Gasteiger partial charge in [0.25, 0.3) is 0 Å². The molecule has 0 spiro atoms. The van der Waals surface area contributed by atoms with Gasteiger partial charge in [-0.15, -0.1) is 11.3 Å². The van der Waals surface area contributed by atoms with Crippen LogP contribution in [0.15, 0.2) is 52.6 Å². The minimum atomic E-state index is -0.446. The molecule has 3 heterocycles. The average Bonchev–Trinajstić information content (AvgIpc) is 3.39. The van der Waals surface area contributed by atoms with Crippen LogP contribution in [0, 0.1) is 5.92 Å². The molecule has 1 aliphatic heterocycles. The molecule has 3 aromatic rings. The minimum absolute atomic E-state index is 0.0293. The van der Waals surface area contributed by atoms with Gasteiger partial charge < -0.3 is 10.2 Å². The standard InChI is InChI=1S/C19H20N6O3S/c26-16(13-24-19(28)25(22-21-24)17-7-4-12-29-17)23-10-8-14(9-11-23)18(27)20-15-5-2-1-3-6-15/h1-7,12,14H,8-11,13H2,(H,20,27). The molecule has 1 N–H and O–H groups in total. The van der Waals surface area contributed by atoms with E-state index in [9.17, 15) is 14.4 Å². The Balaban J connectivity index is 1.32. The summed E-state index contributed by atoms with van der Waals surface area (Å²) < 4.78 is 2.24. The first-order valence-corrected chi connectivity index (χ1v) is 10.2. The lowest BCUT2D eigenvalue weighted by Crippen LogP contribution is -2.43. The highest BCUT2D eigenvalue weighted by Crippen LogP contribution is 2.20. The molecule has 10 heteroatoms. The van der Waals surface area contributed by atoms with Gasteiger partial charge in [-0.1, -0.05) is 18.2 Å². The van der Waals surface area contributed by atoms with Gasteiger partial charge in [-0.25, -0.2) is 4.79 Å². The van der Waals surface area contributed by atoms with Crippen LogP contribution in [0.4, 0.5) is 5.69 Å². The van der Waals surface area contributed by atoms with Crippen molar-refractivity contribution in [2.24, 2.45) is 5.92 Å². The predicted molar refractivity (Wildman–Crippen MR) is 108 cm³/mol. The van der Waals surface area contributed by atoms with Crippen LogP contribution in [-0.4, -0.2) is 49.6 Å². The van der Waals surface area contributed by atoms with E-state index in [1.165, 1.54) is 16.0 Å². The second-order valence-electron chi connectivity index (χ2n) is 6.79. The van der Waals surface area contributed by atoms with E-state index < -0.39 is 5.69 Å². The fourth-order valence-electron chi connectivity index (χ4n) is 3.29. The van der Waals surface area contributed by atoms with Crippen molar-refractivity contribution in [3.05, 3.63) is 58.3 Å². The van der Waals surface area contributed by atoms with Crippen LogP contribution in [0.1, 0.15) is 12.8 Å². The quantitative estimate of drug-likeness (QED) is 0.682. The molecule has 0 aliphatic carbocycles. The normalized spacial score (nSPS) is 14.7. The third-order valence-corrected chi connectivity index (χ3v) is 5.74. The van der Waals surface area contributed by atoms with Crippen molar-refractivity contribution in [3.8, 4) is 5.00 Å². The van der Waals surface area contributed by atoms with Gasteiger partial charge in [0.2, 0.25) is 11.8 Å². The van der Waals surface area contributed by atoms with Crippen molar-refractivity contribution < 1.29 is 9.59 Å². The number of carbonyl (C=O) groups excluding carboxylic acids is 2. The fraction of sp³-hybridized carbons (Fsp3) is 0.316. The SMILES string of the molecule is O=C(Nc1ccccc1)C1CCN(C(=O)Cn2nnn(-c3cccs3)c2=O)CC1. The topological polar surface area (TPSA) is 102 Å². The van der Waals surface area contributed by atoms with E-state index >= 15 is 0 Å². The highest BCUT2D eigenvalue weighted by Gasteiger charge is 2.28. The van der Waals surface area contributed by atoms with Gasteiger partial charge in [0.15, 0.2) is 0 Å². The summed E-state index contributed by atoms with van der Waals surface area (Å²) in [5.74, 6) is -0.368. The summed E-state index contributed by atoms with van der Waals surface area (Å²) in [6, 6.07) is 12.9. The highest BCUT2D eigenvalue weighted by molar-refractivity contribution is 7.12. The van der Waals surface area contributed by atoms with Crippen molar-refractivity contribution in [1.82, 2.24) is 24.7 Å². The fourth-order valence-corrected chi connectivity index (χ4v) is 3.96.